The molecule has 5 nitrogen and oxygen atoms in total. The molecular weight excluding hydrogens is 382 g/mol. The predicted molar refractivity (Wildman–Crippen MR) is 131 cm³/mol. The van der Waals surface area contributed by atoms with E-state index in [1.165, 1.54) is 22.3 Å². The second-order valence-electron chi connectivity index (χ2n) is 9.36. The quantitative estimate of drug-likeness (QED) is 0.442. The lowest BCUT2D eigenvalue weighted by Crippen LogP contribution is -2.24. The maximum atomic E-state index is 5.99. The molecule has 0 radical (unpaired) electrons. The summed E-state index contributed by atoms with van der Waals surface area (Å²) in [6.45, 7) is 13.1. The first-order valence-electron chi connectivity index (χ1n) is 11.4. The van der Waals surface area contributed by atoms with Crippen molar-refractivity contribution >= 4 is 17.3 Å². The molecule has 0 saturated heterocycles. The summed E-state index contributed by atoms with van der Waals surface area (Å²) in [5.74, 6) is 1.86. The third-order valence-corrected chi connectivity index (χ3v) is 5.66. The SMILES string of the molecule is CCCc1cc(Nc2cc(CCc3cc(N)ccc3C)nn2C(C)(C)C)ncc1CC. The van der Waals surface area contributed by atoms with Crippen LogP contribution in [0.2, 0.25) is 0 Å². The van der Waals surface area contributed by atoms with Crippen molar-refractivity contribution in [3.05, 3.63) is 64.5 Å². The van der Waals surface area contributed by atoms with Crippen LogP contribution in [0.25, 0.3) is 0 Å². The smallest absolute Gasteiger partial charge is 0.131 e. The number of nitrogens with two attached hydrogens (primary N) is 1. The fraction of sp³-hybridized carbons (Fsp3) is 0.462. The standard InChI is InChI=1S/C26H37N5/c1-7-9-21-15-24(28-17-19(21)8-2)29-25-16-23(30-31(25)26(4,5)6)13-11-20-14-22(27)12-10-18(20)3/h10,12,14-17H,7-9,11,13,27H2,1-6H3,(H,28,29). The minimum atomic E-state index is -0.136. The van der Waals surface area contributed by atoms with Crippen molar-refractivity contribution < 1.29 is 0 Å². The number of anilines is 3. The van der Waals surface area contributed by atoms with Crippen LogP contribution in [0.4, 0.5) is 17.3 Å². The molecule has 5 heteroatoms. The second kappa shape index (κ2) is 9.54. The highest BCUT2D eigenvalue weighted by Crippen LogP contribution is 2.26. The minimum absolute atomic E-state index is 0.136. The van der Waals surface area contributed by atoms with E-state index in [4.69, 9.17) is 10.8 Å². The van der Waals surface area contributed by atoms with Crippen molar-refractivity contribution in [2.75, 3.05) is 11.1 Å². The molecular formula is C26H37N5. The second-order valence-corrected chi connectivity index (χ2v) is 9.36. The third kappa shape index (κ3) is 5.66. The molecule has 166 valence electrons. The number of aryl methyl sites for hydroxylation is 5. The van der Waals surface area contributed by atoms with E-state index in [0.29, 0.717) is 0 Å². The number of rotatable bonds is 8. The van der Waals surface area contributed by atoms with Crippen molar-refractivity contribution in [2.24, 2.45) is 0 Å². The lowest BCUT2D eigenvalue weighted by atomic mass is 10.0. The van der Waals surface area contributed by atoms with Gasteiger partial charge in [0.15, 0.2) is 0 Å². The molecule has 0 saturated carbocycles. The monoisotopic (exact) mass is 419 g/mol. The Hall–Kier alpha value is -2.82. The average Bonchev–Trinajstić information content (AvgIpc) is 3.12. The van der Waals surface area contributed by atoms with Crippen molar-refractivity contribution in [3.8, 4) is 0 Å². The molecule has 3 rings (SSSR count). The molecule has 0 unspecified atom stereocenters. The van der Waals surface area contributed by atoms with E-state index in [0.717, 1.165) is 55.1 Å². The summed E-state index contributed by atoms with van der Waals surface area (Å²) in [5.41, 5.74) is 13.0. The predicted octanol–water partition coefficient (Wildman–Crippen LogP) is 5.97. The summed E-state index contributed by atoms with van der Waals surface area (Å²) in [7, 11) is 0. The molecule has 0 aliphatic rings. The Morgan fingerprint density at radius 1 is 0.968 bits per heavy atom. The highest BCUT2D eigenvalue weighted by atomic mass is 15.4. The van der Waals surface area contributed by atoms with Crippen LogP contribution in [0.15, 0.2) is 36.5 Å². The van der Waals surface area contributed by atoms with Crippen molar-refractivity contribution in [1.82, 2.24) is 14.8 Å². The van der Waals surface area contributed by atoms with Gasteiger partial charge in [0.2, 0.25) is 0 Å². The van der Waals surface area contributed by atoms with Gasteiger partial charge < -0.3 is 11.1 Å². The summed E-state index contributed by atoms with van der Waals surface area (Å²) < 4.78 is 2.07. The molecule has 2 aromatic heterocycles. The first-order valence-corrected chi connectivity index (χ1v) is 11.4. The number of hydrogen-bond donors (Lipinski definition) is 2. The van der Waals surface area contributed by atoms with E-state index in [1.54, 1.807) is 0 Å². The molecule has 0 spiro atoms. The first kappa shape index (κ1) is 22.9. The largest absolute Gasteiger partial charge is 0.399 e. The first-order chi connectivity index (χ1) is 14.7. The van der Waals surface area contributed by atoms with Crippen molar-refractivity contribution in [2.45, 2.75) is 79.2 Å². The van der Waals surface area contributed by atoms with Crippen molar-refractivity contribution in [3.63, 3.8) is 0 Å². The van der Waals surface area contributed by atoms with Gasteiger partial charge in [-0.3, -0.25) is 0 Å². The lowest BCUT2D eigenvalue weighted by molar-refractivity contribution is 0.358. The summed E-state index contributed by atoms with van der Waals surface area (Å²) in [6.07, 6.45) is 7.01. The molecule has 0 aliphatic heterocycles. The van der Waals surface area contributed by atoms with Gasteiger partial charge in [-0.25, -0.2) is 9.67 Å². The zero-order valence-corrected chi connectivity index (χ0v) is 19.9. The maximum Gasteiger partial charge on any atom is 0.131 e. The summed E-state index contributed by atoms with van der Waals surface area (Å²) in [5, 5.41) is 8.47. The fourth-order valence-corrected chi connectivity index (χ4v) is 3.92. The van der Waals surface area contributed by atoms with E-state index >= 15 is 0 Å². The van der Waals surface area contributed by atoms with Gasteiger partial charge in [0.05, 0.1) is 11.2 Å². The van der Waals surface area contributed by atoms with Gasteiger partial charge in [0.1, 0.15) is 11.6 Å². The van der Waals surface area contributed by atoms with Gasteiger partial charge in [0.25, 0.3) is 0 Å². The number of hydrogen-bond acceptors (Lipinski definition) is 4. The highest BCUT2D eigenvalue weighted by Gasteiger charge is 2.20. The van der Waals surface area contributed by atoms with Crippen LogP contribution >= 0.6 is 0 Å². The minimum Gasteiger partial charge on any atom is -0.399 e. The lowest BCUT2D eigenvalue weighted by Gasteiger charge is -2.22. The van der Waals surface area contributed by atoms with Crippen LogP contribution in [0.1, 0.15) is 69.0 Å². The normalized spacial score (nSPS) is 11.7. The van der Waals surface area contributed by atoms with Crippen LogP contribution in [-0.4, -0.2) is 14.8 Å². The number of benzene rings is 1. The van der Waals surface area contributed by atoms with Crippen LogP contribution in [0.5, 0.6) is 0 Å². The van der Waals surface area contributed by atoms with Crippen LogP contribution in [-0.2, 0) is 31.2 Å². The van der Waals surface area contributed by atoms with E-state index in [-0.39, 0.29) is 5.54 Å². The van der Waals surface area contributed by atoms with Gasteiger partial charge in [-0.15, -0.1) is 0 Å². The van der Waals surface area contributed by atoms with E-state index in [2.05, 4.69) is 80.8 Å². The molecule has 0 aliphatic carbocycles. The average molecular weight is 420 g/mol. The molecule has 0 amide bonds. The van der Waals surface area contributed by atoms with Crippen LogP contribution in [0.3, 0.4) is 0 Å². The Morgan fingerprint density at radius 3 is 2.42 bits per heavy atom. The van der Waals surface area contributed by atoms with Gasteiger partial charge >= 0.3 is 0 Å². The molecule has 3 N–H and O–H groups in total. The van der Waals surface area contributed by atoms with Crippen LogP contribution in [0, 0.1) is 6.92 Å². The van der Waals surface area contributed by atoms with E-state index in [1.807, 2.05) is 12.3 Å². The van der Waals surface area contributed by atoms with Gasteiger partial charge in [-0.1, -0.05) is 26.3 Å². The van der Waals surface area contributed by atoms with Gasteiger partial charge in [-0.05, 0) is 93.8 Å². The Morgan fingerprint density at radius 2 is 1.74 bits per heavy atom. The zero-order chi connectivity index (χ0) is 22.6. The topological polar surface area (TPSA) is 68.8 Å². The molecule has 0 bridgehead atoms. The zero-order valence-electron chi connectivity index (χ0n) is 19.9. The number of nitrogen functional groups attached to an aromatic ring is 1. The molecule has 31 heavy (non-hydrogen) atoms. The van der Waals surface area contributed by atoms with E-state index < -0.39 is 0 Å². The molecule has 0 atom stereocenters. The molecule has 0 fully saturated rings. The molecule has 2 heterocycles. The van der Waals surface area contributed by atoms with Crippen LogP contribution < -0.4 is 11.1 Å². The number of nitrogens with one attached hydrogen (secondary N) is 1. The molecule has 1 aromatic carbocycles. The Kier molecular flexibility index (Phi) is 7.04. The van der Waals surface area contributed by atoms with E-state index in [9.17, 15) is 0 Å². The Labute approximate surface area is 187 Å². The third-order valence-electron chi connectivity index (χ3n) is 5.66. The Balaban J connectivity index is 1.85. The number of nitrogens with zero attached hydrogens (tertiary/aromatic N) is 3. The fourth-order valence-electron chi connectivity index (χ4n) is 3.92. The molecule has 3 aromatic rings. The number of pyridine rings is 1. The summed E-state index contributed by atoms with van der Waals surface area (Å²) in [4.78, 5) is 4.67. The summed E-state index contributed by atoms with van der Waals surface area (Å²) in [6, 6.07) is 10.5. The summed E-state index contributed by atoms with van der Waals surface area (Å²) >= 11 is 0. The maximum absolute atomic E-state index is 5.99. The highest BCUT2D eigenvalue weighted by molar-refractivity contribution is 5.55. The Bertz CT molecular complexity index is 1030. The number of aromatic nitrogens is 3. The van der Waals surface area contributed by atoms with Crippen molar-refractivity contribution in [1.29, 1.82) is 0 Å². The van der Waals surface area contributed by atoms with Gasteiger partial charge in [-0.2, -0.15) is 5.10 Å². The van der Waals surface area contributed by atoms with Gasteiger partial charge in [0, 0.05) is 18.0 Å².